The van der Waals surface area contributed by atoms with E-state index in [0.717, 1.165) is 10.6 Å². The Morgan fingerprint density at radius 3 is 2.57 bits per heavy atom. The van der Waals surface area contributed by atoms with Crippen LogP contribution < -0.4 is 5.32 Å². The Balaban J connectivity index is 2.00. The van der Waals surface area contributed by atoms with Gasteiger partial charge in [0.15, 0.2) is 0 Å². The summed E-state index contributed by atoms with van der Waals surface area (Å²) in [5.74, 6) is 0.0111. The van der Waals surface area contributed by atoms with Gasteiger partial charge in [-0.05, 0) is 12.0 Å². The van der Waals surface area contributed by atoms with E-state index < -0.39 is 0 Å². The van der Waals surface area contributed by atoms with Gasteiger partial charge < -0.3 is 10.4 Å². The largest absolute Gasteiger partial charge is 0.396 e. The average Bonchev–Trinajstić information content (AvgIpc) is 3.02. The van der Waals surface area contributed by atoms with E-state index in [1.54, 1.807) is 6.20 Å². The molecule has 0 aliphatic carbocycles. The van der Waals surface area contributed by atoms with Crippen molar-refractivity contribution in [3.63, 3.8) is 0 Å². The normalized spacial score (nSPS) is 12.9. The molecular formula is C18H24N2O2S. The van der Waals surface area contributed by atoms with E-state index in [1.807, 2.05) is 30.3 Å². The molecule has 2 N–H and O–H groups in total. The number of aromatic nitrogens is 1. The number of hydrogen-bond donors (Lipinski definition) is 2. The molecule has 1 atom stereocenters. The van der Waals surface area contributed by atoms with Gasteiger partial charge in [-0.3, -0.25) is 4.79 Å². The smallest absolute Gasteiger partial charge is 0.263 e. The van der Waals surface area contributed by atoms with Gasteiger partial charge in [0.25, 0.3) is 5.91 Å². The SMILES string of the molecule is CC(C)(C)c1ncc(C(=O)NCC(CCO)c2ccccc2)s1. The fourth-order valence-corrected chi connectivity index (χ4v) is 3.19. The third kappa shape index (κ3) is 4.88. The van der Waals surface area contributed by atoms with Gasteiger partial charge >= 0.3 is 0 Å². The quantitative estimate of drug-likeness (QED) is 0.853. The Morgan fingerprint density at radius 1 is 1.30 bits per heavy atom. The summed E-state index contributed by atoms with van der Waals surface area (Å²) in [6.07, 6.45) is 2.27. The van der Waals surface area contributed by atoms with Gasteiger partial charge in [-0.1, -0.05) is 51.1 Å². The lowest BCUT2D eigenvalue weighted by Gasteiger charge is -2.17. The summed E-state index contributed by atoms with van der Waals surface area (Å²) < 4.78 is 0. The molecule has 1 unspecified atom stereocenters. The molecule has 0 bridgehead atoms. The van der Waals surface area contributed by atoms with Crippen LogP contribution in [0.3, 0.4) is 0 Å². The summed E-state index contributed by atoms with van der Waals surface area (Å²) in [6.45, 7) is 6.86. The molecular weight excluding hydrogens is 308 g/mol. The lowest BCUT2D eigenvalue weighted by Crippen LogP contribution is -2.28. The standard InChI is InChI=1S/C18H24N2O2S/c1-18(2,3)17-20-12-15(23-17)16(22)19-11-14(9-10-21)13-7-5-4-6-8-13/h4-8,12,14,21H,9-11H2,1-3H3,(H,19,22). The first-order valence-electron chi connectivity index (χ1n) is 7.82. The monoisotopic (exact) mass is 332 g/mol. The Hall–Kier alpha value is -1.72. The van der Waals surface area contributed by atoms with Crippen LogP contribution in [0.2, 0.25) is 0 Å². The van der Waals surface area contributed by atoms with Crippen LogP contribution in [0.5, 0.6) is 0 Å². The summed E-state index contributed by atoms with van der Waals surface area (Å²) in [5.41, 5.74) is 1.08. The number of hydrogen-bond acceptors (Lipinski definition) is 4. The maximum Gasteiger partial charge on any atom is 0.263 e. The van der Waals surface area contributed by atoms with Crippen LogP contribution in [0.15, 0.2) is 36.5 Å². The number of nitrogens with one attached hydrogen (secondary N) is 1. The highest BCUT2D eigenvalue weighted by atomic mass is 32.1. The number of thiazole rings is 1. The molecule has 1 heterocycles. The van der Waals surface area contributed by atoms with E-state index in [2.05, 4.69) is 31.1 Å². The van der Waals surface area contributed by atoms with E-state index in [4.69, 9.17) is 0 Å². The minimum Gasteiger partial charge on any atom is -0.396 e. The molecule has 2 rings (SSSR count). The van der Waals surface area contributed by atoms with Crippen molar-refractivity contribution in [3.8, 4) is 0 Å². The summed E-state index contributed by atoms with van der Waals surface area (Å²) in [5, 5.41) is 13.2. The van der Waals surface area contributed by atoms with E-state index in [-0.39, 0.29) is 23.8 Å². The first-order valence-corrected chi connectivity index (χ1v) is 8.63. The topological polar surface area (TPSA) is 62.2 Å². The minimum atomic E-state index is -0.100. The highest BCUT2D eigenvalue weighted by Crippen LogP contribution is 2.27. The highest BCUT2D eigenvalue weighted by Gasteiger charge is 2.21. The zero-order valence-corrected chi connectivity index (χ0v) is 14.7. The van der Waals surface area contributed by atoms with Crippen LogP contribution in [0, 0.1) is 0 Å². The van der Waals surface area contributed by atoms with Crippen LogP contribution in [-0.2, 0) is 5.41 Å². The van der Waals surface area contributed by atoms with Gasteiger partial charge in [0.1, 0.15) is 4.88 Å². The van der Waals surface area contributed by atoms with Crippen molar-refractivity contribution < 1.29 is 9.90 Å². The van der Waals surface area contributed by atoms with Gasteiger partial charge in [-0.2, -0.15) is 0 Å². The van der Waals surface area contributed by atoms with Crippen LogP contribution in [-0.4, -0.2) is 29.1 Å². The Labute approximate surface area is 141 Å². The number of nitrogens with zero attached hydrogens (tertiary/aromatic N) is 1. The third-order valence-corrected chi connectivity index (χ3v) is 5.05. The number of rotatable bonds is 6. The number of aliphatic hydroxyl groups excluding tert-OH is 1. The predicted molar refractivity (Wildman–Crippen MR) is 94.0 cm³/mol. The number of carbonyl (C=O) groups is 1. The maximum absolute atomic E-state index is 12.3. The summed E-state index contributed by atoms with van der Waals surface area (Å²) in [7, 11) is 0. The Kier molecular flexibility index (Phi) is 5.91. The Bertz CT molecular complexity index is 632. The molecule has 0 spiro atoms. The zero-order valence-electron chi connectivity index (χ0n) is 13.9. The predicted octanol–water partition coefficient (Wildman–Crippen LogP) is 3.34. The molecule has 1 aromatic heterocycles. The summed E-state index contributed by atoms with van der Waals surface area (Å²) in [6, 6.07) is 9.96. The molecule has 23 heavy (non-hydrogen) atoms. The van der Waals surface area contributed by atoms with Crippen molar-refractivity contribution in [1.82, 2.24) is 10.3 Å². The van der Waals surface area contributed by atoms with Crippen molar-refractivity contribution in [1.29, 1.82) is 0 Å². The maximum atomic E-state index is 12.3. The van der Waals surface area contributed by atoms with Gasteiger partial charge in [-0.15, -0.1) is 11.3 Å². The van der Waals surface area contributed by atoms with E-state index >= 15 is 0 Å². The molecule has 0 saturated heterocycles. The highest BCUT2D eigenvalue weighted by molar-refractivity contribution is 7.13. The average molecular weight is 332 g/mol. The first-order chi connectivity index (χ1) is 10.9. The van der Waals surface area contributed by atoms with Crippen LogP contribution in [0.25, 0.3) is 0 Å². The second-order valence-corrected chi connectivity index (χ2v) is 7.64. The second kappa shape index (κ2) is 7.70. The molecule has 1 amide bonds. The van der Waals surface area contributed by atoms with Crippen LogP contribution in [0.1, 0.15) is 53.4 Å². The number of benzene rings is 1. The molecule has 1 aromatic carbocycles. The van der Waals surface area contributed by atoms with Crippen molar-refractivity contribution >= 4 is 17.2 Å². The molecule has 4 nitrogen and oxygen atoms in total. The molecule has 124 valence electrons. The summed E-state index contributed by atoms with van der Waals surface area (Å²) >= 11 is 1.44. The fraction of sp³-hybridized carbons (Fsp3) is 0.444. The first kappa shape index (κ1) is 17.6. The number of aliphatic hydroxyl groups is 1. The van der Waals surface area contributed by atoms with Gasteiger partial charge in [0, 0.05) is 24.5 Å². The molecule has 0 fully saturated rings. The minimum absolute atomic E-state index is 0.0489. The molecule has 0 aliphatic heterocycles. The zero-order chi connectivity index (χ0) is 16.9. The molecule has 0 aliphatic rings. The van der Waals surface area contributed by atoms with Crippen LogP contribution >= 0.6 is 11.3 Å². The van der Waals surface area contributed by atoms with Gasteiger partial charge in [-0.25, -0.2) is 4.98 Å². The fourth-order valence-electron chi connectivity index (χ4n) is 2.30. The molecule has 0 saturated carbocycles. The lowest BCUT2D eigenvalue weighted by atomic mass is 9.96. The molecule has 0 radical (unpaired) electrons. The second-order valence-electron chi connectivity index (χ2n) is 6.61. The molecule has 2 aromatic rings. The summed E-state index contributed by atoms with van der Waals surface area (Å²) in [4.78, 5) is 17.3. The Morgan fingerprint density at radius 2 is 2.00 bits per heavy atom. The van der Waals surface area contributed by atoms with E-state index in [9.17, 15) is 9.90 Å². The van der Waals surface area contributed by atoms with Crippen molar-refractivity contribution in [2.45, 2.75) is 38.5 Å². The lowest BCUT2D eigenvalue weighted by molar-refractivity contribution is 0.0953. The van der Waals surface area contributed by atoms with Gasteiger partial charge in [0.2, 0.25) is 0 Å². The van der Waals surface area contributed by atoms with Crippen molar-refractivity contribution in [3.05, 3.63) is 52.0 Å². The molecule has 5 heteroatoms. The number of carbonyl (C=O) groups excluding carboxylic acids is 1. The third-order valence-electron chi connectivity index (χ3n) is 3.63. The number of amides is 1. The van der Waals surface area contributed by atoms with Crippen molar-refractivity contribution in [2.75, 3.05) is 13.2 Å². The van der Waals surface area contributed by atoms with Crippen molar-refractivity contribution in [2.24, 2.45) is 0 Å². The van der Waals surface area contributed by atoms with Crippen LogP contribution in [0.4, 0.5) is 0 Å². The van der Waals surface area contributed by atoms with E-state index in [0.29, 0.717) is 17.8 Å². The van der Waals surface area contributed by atoms with Gasteiger partial charge in [0.05, 0.1) is 11.2 Å². The van der Waals surface area contributed by atoms with E-state index in [1.165, 1.54) is 11.3 Å².